The van der Waals surface area contributed by atoms with Gasteiger partial charge in [-0.2, -0.15) is 0 Å². The summed E-state index contributed by atoms with van der Waals surface area (Å²) < 4.78 is 74.7. The molecule has 0 aliphatic carbocycles. The lowest BCUT2D eigenvalue weighted by atomic mass is 9.93. The number of amides is 2. The number of carbonyl (C=O) groups excluding carboxylic acids is 2. The minimum absolute atomic E-state index is 0.658. The summed E-state index contributed by atoms with van der Waals surface area (Å²) in [6.07, 6.45) is -64.0. The van der Waals surface area contributed by atoms with Crippen molar-refractivity contribution in [3.63, 3.8) is 0 Å². The highest BCUT2D eigenvalue weighted by Crippen LogP contribution is 2.37. The molecule has 0 saturated carbocycles. The Hall–Kier alpha value is -2.42. The molecule has 0 aromatic heterocycles. The molecule has 38 nitrogen and oxygen atoms in total. The minimum Gasteiger partial charge on any atom is -0.394 e. The van der Waals surface area contributed by atoms with Crippen LogP contribution in [-0.4, -0.2) is 375 Å². The summed E-state index contributed by atoms with van der Waals surface area (Å²) in [6, 6.07) is -3.12. The van der Waals surface area contributed by atoms with Crippen LogP contribution in [0.3, 0.4) is 0 Å². The molecule has 84 heavy (non-hydrogen) atoms. The molecular formula is C46H79N3O35. The molecule has 7 heterocycles. The van der Waals surface area contributed by atoms with Gasteiger partial charge in [0.05, 0.1) is 52.3 Å². The molecule has 0 radical (unpaired) electrons. The average molecular weight is 1230 g/mol. The number of hydrogen-bond donors (Lipinski definition) is 23. The number of ether oxygens (including phenoxy) is 13. The van der Waals surface area contributed by atoms with Crippen LogP contribution in [0.25, 0.3) is 0 Å². The van der Waals surface area contributed by atoms with Crippen molar-refractivity contribution in [2.45, 2.75) is 229 Å². The van der Waals surface area contributed by atoms with Crippen LogP contribution in [0, 0.1) is 0 Å². The highest BCUT2D eigenvalue weighted by Gasteiger charge is 2.58. The van der Waals surface area contributed by atoms with Gasteiger partial charge in [-0.3, -0.25) is 9.59 Å². The highest BCUT2D eigenvalue weighted by atomic mass is 16.8. The van der Waals surface area contributed by atoms with Crippen LogP contribution in [-0.2, 0) is 71.2 Å². The number of hydrogen-bond acceptors (Lipinski definition) is 36. The topological polar surface area (TPSA) is 609 Å². The molecule has 2 amide bonds. The first-order chi connectivity index (χ1) is 39.7. The number of rotatable bonds is 21. The van der Waals surface area contributed by atoms with Crippen LogP contribution in [0.1, 0.15) is 13.8 Å². The number of aliphatic hydroxyl groups excluding tert-OH is 20. The van der Waals surface area contributed by atoms with Crippen LogP contribution in [0.5, 0.6) is 0 Å². The second-order valence-corrected chi connectivity index (χ2v) is 21.2. The zero-order valence-corrected chi connectivity index (χ0v) is 44.8. The smallest absolute Gasteiger partial charge is 0.217 e. The molecule has 0 aromatic rings. The summed E-state index contributed by atoms with van der Waals surface area (Å²) >= 11 is 0. The van der Waals surface area contributed by atoms with Gasteiger partial charge >= 0.3 is 0 Å². The van der Waals surface area contributed by atoms with Gasteiger partial charge in [-0.15, -0.1) is 0 Å². The van der Waals surface area contributed by atoms with Crippen molar-refractivity contribution in [2.75, 3.05) is 46.2 Å². The summed E-state index contributed by atoms with van der Waals surface area (Å²) in [5, 5.41) is 221. The molecule has 0 unspecified atom stereocenters. The summed E-state index contributed by atoms with van der Waals surface area (Å²) in [5.74, 6) is -1.51. The second-order valence-electron chi connectivity index (χ2n) is 21.2. The van der Waals surface area contributed by atoms with E-state index in [0.717, 1.165) is 13.8 Å². The standard InChI is InChI=1S/C46H79N3O35/c1-10(55)48-19-26(62)36(15(6-53)74-40(19)47)81-41-20(49-11(2)56)27(63)37(16(7-54)78-41)82-46-35(71)39(84-45-33(69)30(66)23(59)14(5-52)77-45)25(61)18(80-46)9-73-43-34(70)38(83-44-32(68)29(65)22(58)13(4-51)76-44)24(60)17(79-43)8-72-42-31(67)28(64)21(57)12(3-50)75-42/h12-46,50-54,57-71H,3-9,47H2,1-2H3,(H,48,55)(H,49,56)/t12-,13-,14-,15-,16-,17-,18-,19-,20-,21-,22-,23-,24-,25-,26-,27-,28+,29+,30+,31+,32+,33+,34+,35+,36-,37-,38+,39+,40+,41-,42+,43+,44-,45-,46-/m1/s1. The first-order valence-corrected chi connectivity index (χ1v) is 26.7. The van der Waals surface area contributed by atoms with E-state index in [1.54, 1.807) is 0 Å². The fourth-order valence-corrected chi connectivity index (χ4v) is 10.7. The van der Waals surface area contributed by atoms with E-state index in [2.05, 4.69) is 10.6 Å². The Labute approximate surface area is 475 Å². The molecular weight excluding hydrogens is 1150 g/mol. The fraction of sp³-hybridized carbons (Fsp3) is 0.957. The molecule has 0 bridgehead atoms. The lowest BCUT2D eigenvalue weighted by Gasteiger charge is -2.50. The van der Waals surface area contributed by atoms with E-state index in [4.69, 9.17) is 67.3 Å². The third-order valence-corrected chi connectivity index (χ3v) is 15.4. The largest absolute Gasteiger partial charge is 0.394 e. The van der Waals surface area contributed by atoms with Crippen LogP contribution in [0.15, 0.2) is 0 Å². The lowest BCUT2D eigenvalue weighted by molar-refractivity contribution is -0.387. The number of nitrogens with two attached hydrogens (primary N) is 1. The van der Waals surface area contributed by atoms with Crippen LogP contribution >= 0.6 is 0 Å². The maximum atomic E-state index is 12.7. The average Bonchev–Trinajstić information content (AvgIpc) is 1.85. The van der Waals surface area contributed by atoms with Crippen molar-refractivity contribution in [3.05, 3.63) is 0 Å². The van der Waals surface area contributed by atoms with Gasteiger partial charge in [-0.25, -0.2) is 0 Å². The lowest BCUT2D eigenvalue weighted by Crippen LogP contribution is -2.71. The van der Waals surface area contributed by atoms with Crippen LogP contribution < -0.4 is 16.4 Å². The van der Waals surface area contributed by atoms with Crippen molar-refractivity contribution in [1.29, 1.82) is 0 Å². The molecule has 7 rings (SSSR count). The van der Waals surface area contributed by atoms with Gasteiger partial charge in [0.2, 0.25) is 11.8 Å². The zero-order chi connectivity index (χ0) is 61.9. The molecule has 7 fully saturated rings. The number of carbonyl (C=O) groups is 2. The molecule has 7 saturated heterocycles. The first-order valence-electron chi connectivity index (χ1n) is 26.7. The SMILES string of the molecule is CC(=O)N[C@@H]1[C@@H](O)[C@H](O[C@H]2O[C@H](CO)[C@@H](O[C@H]3O[C@H](CO[C@H]4O[C@H](CO[C@H]5O[C@H](CO)[C@@H](O)[C@H](O)[C@@H]5O)[C@@H](O)[C@H](O[C@H]5O[C@H](CO)[C@@H](O)[C@H](O)[C@@H]5O)[C@@H]4O)[C@@H](O)[C@H](O[C@H]4O[C@H](CO)[C@@H](O)[C@H](O)[C@@H]4O)[C@@H]3O)[C@H](O)[C@H]2NC(C)=O)[C@@H](CO)O[C@@H]1N. The monoisotopic (exact) mass is 1230 g/mol. The van der Waals surface area contributed by atoms with E-state index >= 15 is 0 Å². The van der Waals surface area contributed by atoms with Crippen molar-refractivity contribution >= 4 is 11.8 Å². The quantitative estimate of drug-likeness (QED) is 0.0507. The van der Waals surface area contributed by atoms with Crippen molar-refractivity contribution in [3.8, 4) is 0 Å². The van der Waals surface area contributed by atoms with E-state index < -0.39 is 273 Å². The Balaban J connectivity index is 1.17. The van der Waals surface area contributed by atoms with E-state index in [-0.39, 0.29) is 0 Å². The molecule has 7 aliphatic heterocycles. The Morgan fingerprint density at radius 1 is 0.333 bits per heavy atom. The summed E-state index contributed by atoms with van der Waals surface area (Å²) in [6.45, 7) is -4.58. The summed E-state index contributed by atoms with van der Waals surface area (Å²) in [7, 11) is 0. The molecule has 35 atom stereocenters. The van der Waals surface area contributed by atoms with Crippen LogP contribution in [0.2, 0.25) is 0 Å². The van der Waals surface area contributed by atoms with Crippen molar-refractivity contribution < 1.29 is 173 Å². The predicted octanol–water partition coefficient (Wildman–Crippen LogP) is -16.0. The molecule has 0 spiro atoms. The second kappa shape index (κ2) is 29.9. The zero-order valence-electron chi connectivity index (χ0n) is 44.8. The van der Waals surface area contributed by atoms with E-state index in [0.29, 0.717) is 0 Å². The molecule has 488 valence electrons. The normalized spacial score (nSPS) is 50.3. The Morgan fingerprint density at radius 3 is 1.06 bits per heavy atom. The molecule has 0 aromatic carbocycles. The van der Waals surface area contributed by atoms with Gasteiger partial charge in [0, 0.05) is 13.8 Å². The Kier molecular flexibility index (Phi) is 24.6. The molecule has 24 N–H and O–H groups in total. The Bertz CT molecular complexity index is 2060. The predicted molar refractivity (Wildman–Crippen MR) is 257 cm³/mol. The molecule has 7 aliphatic rings. The van der Waals surface area contributed by atoms with Gasteiger partial charge in [0.15, 0.2) is 37.7 Å². The number of aliphatic hydroxyl groups is 20. The van der Waals surface area contributed by atoms with Gasteiger partial charge in [-0.05, 0) is 0 Å². The fourth-order valence-electron chi connectivity index (χ4n) is 10.7. The maximum absolute atomic E-state index is 12.7. The van der Waals surface area contributed by atoms with E-state index in [1.807, 2.05) is 0 Å². The van der Waals surface area contributed by atoms with Gasteiger partial charge < -0.3 is 180 Å². The third kappa shape index (κ3) is 14.9. The summed E-state index contributed by atoms with van der Waals surface area (Å²) in [4.78, 5) is 24.7. The van der Waals surface area contributed by atoms with Gasteiger partial charge in [0.25, 0.3) is 0 Å². The number of nitrogens with one attached hydrogen (secondary N) is 2. The summed E-state index contributed by atoms with van der Waals surface area (Å²) in [5.41, 5.74) is 6.00. The first kappa shape index (κ1) is 69.1. The molecule has 38 heteroatoms. The highest BCUT2D eigenvalue weighted by molar-refractivity contribution is 5.73. The van der Waals surface area contributed by atoms with Crippen molar-refractivity contribution in [2.24, 2.45) is 5.73 Å². The van der Waals surface area contributed by atoms with E-state index in [9.17, 15) is 112 Å². The minimum atomic E-state index is -2.33. The maximum Gasteiger partial charge on any atom is 0.217 e. The van der Waals surface area contributed by atoms with Crippen LogP contribution in [0.4, 0.5) is 0 Å². The Morgan fingerprint density at radius 2 is 0.631 bits per heavy atom. The third-order valence-electron chi connectivity index (χ3n) is 15.4. The van der Waals surface area contributed by atoms with Gasteiger partial charge in [-0.1, -0.05) is 0 Å². The van der Waals surface area contributed by atoms with Crippen molar-refractivity contribution in [1.82, 2.24) is 10.6 Å². The van der Waals surface area contributed by atoms with E-state index in [1.165, 1.54) is 0 Å². The van der Waals surface area contributed by atoms with Gasteiger partial charge in [0.1, 0.15) is 171 Å².